The summed E-state index contributed by atoms with van der Waals surface area (Å²) in [6.07, 6.45) is 2.41. The van der Waals surface area contributed by atoms with Gasteiger partial charge in [-0.15, -0.1) is 0 Å². The maximum absolute atomic E-state index is 13.0. The molecule has 0 spiro atoms. The van der Waals surface area contributed by atoms with Crippen molar-refractivity contribution in [1.82, 2.24) is 5.16 Å². The number of benzene rings is 2. The van der Waals surface area contributed by atoms with Crippen molar-refractivity contribution in [1.29, 1.82) is 0 Å². The van der Waals surface area contributed by atoms with Gasteiger partial charge in [-0.05, 0) is 55.3 Å². The van der Waals surface area contributed by atoms with Gasteiger partial charge in [0, 0.05) is 17.6 Å². The van der Waals surface area contributed by atoms with Crippen molar-refractivity contribution in [2.75, 3.05) is 21.3 Å². The first-order valence-corrected chi connectivity index (χ1v) is 10.2. The lowest BCUT2D eigenvalue weighted by atomic mass is 10.1. The molecule has 2 aromatic carbocycles. The van der Waals surface area contributed by atoms with Crippen LogP contribution in [0, 0.1) is 13.8 Å². The lowest BCUT2D eigenvalue weighted by Crippen LogP contribution is -2.00. The molecule has 0 aliphatic heterocycles. The Morgan fingerprint density at radius 1 is 0.969 bits per heavy atom. The van der Waals surface area contributed by atoms with E-state index in [1.54, 1.807) is 27.4 Å². The largest absolute Gasteiger partial charge is 0.493 e. The van der Waals surface area contributed by atoms with Gasteiger partial charge in [0.2, 0.25) is 0 Å². The van der Waals surface area contributed by atoms with Gasteiger partial charge >= 0.3 is 0 Å². The Morgan fingerprint density at radius 2 is 1.66 bits per heavy atom. The van der Waals surface area contributed by atoms with Gasteiger partial charge in [-0.3, -0.25) is 4.79 Å². The van der Waals surface area contributed by atoms with E-state index in [1.165, 1.54) is 0 Å². The molecule has 4 rings (SSSR count). The number of hydrogen-bond acceptors (Lipinski definition) is 7. The van der Waals surface area contributed by atoms with Crippen molar-refractivity contribution in [3.63, 3.8) is 0 Å². The average molecular weight is 435 g/mol. The number of hydrogen-bond donors (Lipinski definition) is 0. The molecule has 0 amide bonds. The fraction of sp³-hybridized carbons (Fsp3) is 0.280. The summed E-state index contributed by atoms with van der Waals surface area (Å²) in [5, 5.41) is 3.95. The number of carbonyl (C=O) groups excluding carboxylic acids is 1. The fourth-order valence-electron chi connectivity index (χ4n) is 3.81. The van der Waals surface area contributed by atoms with E-state index in [0.29, 0.717) is 47.2 Å². The van der Waals surface area contributed by atoms with Crippen LogP contribution in [0.1, 0.15) is 38.5 Å². The molecule has 0 unspecified atom stereocenters. The van der Waals surface area contributed by atoms with Crippen LogP contribution in [0.15, 0.2) is 40.4 Å². The summed E-state index contributed by atoms with van der Waals surface area (Å²) in [7, 11) is 4.73. The number of ether oxygens (including phenoxy) is 4. The van der Waals surface area contributed by atoms with Crippen molar-refractivity contribution < 1.29 is 28.3 Å². The normalized spacial score (nSPS) is 13.9. The van der Waals surface area contributed by atoms with Crippen LogP contribution in [0.25, 0.3) is 6.08 Å². The van der Waals surface area contributed by atoms with E-state index in [9.17, 15) is 4.79 Å². The molecule has 1 aliphatic rings. The second-order valence-electron chi connectivity index (χ2n) is 7.54. The van der Waals surface area contributed by atoms with Crippen molar-refractivity contribution in [3.05, 3.63) is 69.6 Å². The molecule has 0 N–H and O–H groups in total. The Labute approximate surface area is 186 Å². The van der Waals surface area contributed by atoms with Crippen LogP contribution < -0.4 is 18.9 Å². The highest BCUT2D eigenvalue weighted by Crippen LogP contribution is 2.37. The zero-order valence-electron chi connectivity index (χ0n) is 18.8. The molecule has 7 nitrogen and oxygen atoms in total. The molecule has 0 saturated heterocycles. The summed E-state index contributed by atoms with van der Waals surface area (Å²) in [4.78, 5) is 13.0. The number of carbonyl (C=O) groups is 1. The number of aromatic nitrogens is 1. The smallest absolute Gasteiger partial charge is 0.189 e. The first-order valence-electron chi connectivity index (χ1n) is 10.2. The standard InChI is InChI=1S/C25H25NO6/c1-14-20(15(2)32-26-14)13-31-21-7-6-16(9-22(21)28-3)8-18-10-17-11-23(29-4)24(30-5)12-19(17)25(18)27/h6-9,11-12H,10,13H2,1-5H3/b18-8-. The number of Topliss-reactive ketones (excluding diaryl/α,β-unsaturated/α-hetero) is 1. The molecule has 0 radical (unpaired) electrons. The van der Waals surface area contributed by atoms with E-state index in [2.05, 4.69) is 5.16 Å². The second kappa shape index (κ2) is 8.78. The number of allylic oxidation sites excluding steroid dienone is 1. The highest BCUT2D eigenvalue weighted by Gasteiger charge is 2.27. The van der Waals surface area contributed by atoms with Gasteiger partial charge in [0.1, 0.15) is 12.4 Å². The molecular formula is C25H25NO6. The Bertz CT molecular complexity index is 1190. The summed E-state index contributed by atoms with van der Waals surface area (Å²) in [5.41, 5.74) is 4.82. The van der Waals surface area contributed by atoms with E-state index in [4.69, 9.17) is 23.5 Å². The predicted octanol–water partition coefficient (Wildman–Crippen LogP) is 4.72. The van der Waals surface area contributed by atoms with Crippen LogP contribution >= 0.6 is 0 Å². The average Bonchev–Trinajstić information content (AvgIpc) is 3.29. The molecule has 0 fully saturated rings. The Morgan fingerprint density at radius 3 is 2.31 bits per heavy atom. The van der Waals surface area contributed by atoms with Crippen molar-refractivity contribution in [2.45, 2.75) is 26.9 Å². The van der Waals surface area contributed by atoms with Gasteiger partial charge in [-0.1, -0.05) is 11.2 Å². The summed E-state index contributed by atoms with van der Waals surface area (Å²) in [6.45, 7) is 4.06. The number of ketones is 1. The topological polar surface area (TPSA) is 80.0 Å². The lowest BCUT2D eigenvalue weighted by Gasteiger charge is -2.11. The summed E-state index contributed by atoms with van der Waals surface area (Å²) < 4.78 is 27.3. The molecule has 0 atom stereocenters. The molecule has 166 valence electrons. The molecule has 1 aliphatic carbocycles. The number of fused-ring (bicyclic) bond motifs is 1. The summed E-state index contributed by atoms with van der Waals surface area (Å²) in [5.74, 6) is 3.06. The minimum absolute atomic E-state index is 0.0151. The Kier molecular flexibility index (Phi) is 5.90. The highest BCUT2D eigenvalue weighted by molar-refractivity contribution is 6.16. The molecule has 3 aromatic rings. The first kappa shape index (κ1) is 21.5. The van der Waals surface area contributed by atoms with E-state index < -0.39 is 0 Å². The molecule has 32 heavy (non-hydrogen) atoms. The third kappa shape index (κ3) is 3.93. The van der Waals surface area contributed by atoms with Crippen LogP contribution in [-0.2, 0) is 13.0 Å². The number of aryl methyl sites for hydroxylation is 2. The van der Waals surface area contributed by atoms with Gasteiger partial charge in [0.05, 0.1) is 32.6 Å². The van der Waals surface area contributed by atoms with Crippen LogP contribution in [0.2, 0.25) is 0 Å². The van der Waals surface area contributed by atoms with Gasteiger partial charge in [-0.2, -0.15) is 0 Å². The van der Waals surface area contributed by atoms with Crippen molar-refractivity contribution in [3.8, 4) is 23.0 Å². The zero-order chi connectivity index (χ0) is 22.8. The van der Waals surface area contributed by atoms with E-state index in [1.807, 2.05) is 44.2 Å². The van der Waals surface area contributed by atoms with Gasteiger partial charge in [0.25, 0.3) is 0 Å². The quantitative estimate of drug-likeness (QED) is 0.497. The van der Waals surface area contributed by atoms with Crippen LogP contribution in [0.4, 0.5) is 0 Å². The molecular weight excluding hydrogens is 410 g/mol. The molecule has 0 saturated carbocycles. The van der Waals surface area contributed by atoms with Gasteiger partial charge < -0.3 is 23.5 Å². The number of nitrogens with zero attached hydrogens (tertiary/aromatic N) is 1. The number of rotatable bonds is 7. The molecule has 7 heteroatoms. The third-order valence-electron chi connectivity index (χ3n) is 5.61. The molecule has 1 heterocycles. The fourth-order valence-corrected chi connectivity index (χ4v) is 3.81. The van der Waals surface area contributed by atoms with Crippen molar-refractivity contribution in [2.24, 2.45) is 0 Å². The monoisotopic (exact) mass is 435 g/mol. The zero-order valence-corrected chi connectivity index (χ0v) is 18.8. The minimum Gasteiger partial charge on any atom is -0.493 e. The second-order valence-corrected chi connectivity index (χ2v) is 7.54. The summed E-state index contributed by atoms with van der Waals surface area (Å²) in [6, 6.07) is 9.19. The summed E-state index contributed by atoms with van der Waals surface area (Å²) >= 11 is 0. The predicted molar refractivity (Wildman–Crippen MR) is 119 cm³/mol. The number of methoxy groups -OCH3 is 3. The van der Waals surface area contributed by atoms with E-state index in [0.717, 1.165) is 28.1 Å². The van der Waals surface area contributed by atoms with Crippen molar-refractivity contribution >= 4 is 11.9 Å². The highest BCUT2D eigenvalue weighted by atomic mass is 16.5. The van der Waals surface area contributed by atoms with Crippen LogP contribution in [-0.4, -0.2) is 32.3 Å². The van der Waals surface area contributed by atoms with Gasteiger partial charge in [0.15, 0.2) is 28.8 Å². The van der Waals surface area contributed by atoms with E-state index >= 15 is 0 Å². The van der Waals surface area contributed by atoms with Crippen LogP contribution in [0.3, 0.4) is 0 Å². The van der Waals surface area contributed by atoms with E-state index in [-0.39, 0.29) is 5.78 Å². The third-order valence-corrected chi connectivity index (χ3v) is 5.61. The van der Waals surface area contributed by atoms with Gasteiger partial charge in [-0.25, -0.2) is 0 Å². The first-order chi connectivity index (χ1) is 15.4. The maximum Gasteiger partial charge on any atom is 0.189 e. The maximum atomic E-state index is 13.0. The van der Waals surface area contributed by atoms with Crippen LogP contribution in [0.5, 0.6) is 23.0 Å². The molecule has 1 aromatic heterocycles. The SMILES string of the molecule is COc1cc2c(cc1OC)C(=O)/C(=C\c1ccc(OCc3c(C)noc3C)c(OC)c1)C2. The Hall–Kier alpha value is -3.74. The minimum atomic E-state index is -0.0151. The lowest BCUT2D eigenvalue weighted by molar-refractivity contribution is 0.104. The molecule has 0 bridgehead atoms. The Balaban J connectivity index is 1.57.